The van der Waals surface area contributed by atoms with E-state index < -0.39 is 0 Å². The molecule has 0 radical (unpaired) electrons. The number of allylic oxidation sites excluding steroid dienone is 8. The largest absolute Gasteiger partial charge is 0.0801 e. The second-order valence-electron chi connectivity index (χ2n) is 4.85. The van der Waals surface area contributed by atoms with Crippen LogP contribution in [0.1, 0.15) is 30.4 Å². The van der Waals surface area contributed by atoms with Crippen molar-refractivity contribution in [3.8, 4) is 0 Å². The molecule has 1 aromatic carbocycles. The van der Waals surface area contributed by atoms with Gasteiger partial charge in [0.25, 0.3) is 0 Å². The zero-order valence-electron chi connectivity index (χ0n) is 9.74. The van der Waals surface area contributed by atoms with Crippen LogP contribution in [0.2, 0.25) is 0 Å². The molecule has 3 aliphatic carbocycles. The van der Waals surface area contributed by atoms with Gasteiger partial charge < -0.3 is 0 Å². The molecule has 0 N–H and O–H groups in total. The summed E-state index contributed by atoms with van der Waals surface area (Å²) in [5, 5.41) is 0. The first-order chi connectivity index (χ1) is 8.45. The summed E-state index contributed by atoms with van der Waals surface area (Å²) in [6.45, 7) is 0. The monoisotopic (exact) mass is 218 g/mol. The van der Waals surface area contributed by atoms with Gasteiger partial charge in [-0.25, -0.2) is 0 Å². The number of benzene rings is 1. The predicted molar refractivity (Wildman–Crippen MR) is 72.4 cm³/mol. The van der Waals surface area contributed by atoms with Crippen LogP contribution in [-0.2, 0) is 0 Å². The van der Waals surface area contributed by atoms with Gasteiger partial charge in [0, 0.05) is 0 Å². The van der Waals surface area contributed by atoms with Gasteiger partial charge in [-0.05, 0) is 52.7 Å². The van der Waals surface area contributed by atoms with Crippen LogP contribution in [0.25, 0.3) is 11.1 Å². The molecule has 0 nitrogen and oxygen atoms in total. The van der Waals surface area contributed by atoms with Crippen molar-refractivity contribution >= 4 is 11.1 Å². The van der Waals surface area contributed by atoms with Crippen molar-refractivity contribution in [1.82, 2.24) is 0 Å². The third-order valence-electron chi connectivity index (χ3n) is 3.92. The summed E-state index contributed by atoms with van der Waals surface area (Å²) in [6.07, 6.45) is 12.8. The van der Waals surface area contributed by atoms with Gasteiger partial charge in [0.1, 0.15) is 0 Å². The van der Waals surface area contributed by atoms with Crippen molar-refractivity contribution in [2.24, 2.45) is 0 Å². The quantitative estimate of drug-likeness (QED) is 0.600. The molecule has 17 heavy (non-hydrogen) atoms. The molecule has 82 valence electrons. The van der Waals surface area contributed by atoms with E-state index in [9.17, 15) is 0 Å². The Morgan fingerprint density at radius 1 is 0.941 bits per heavy atom. The average Bonchev–Trinajstić information content (AvgIpc) is 2.56. The highest BCUT2D eigenvalue weighted by atomic mass is 14.3. The van der Waals surface area contributed by atoms with Crippen molar-refractivity contribution in [3.05, 3.63) is 70.8 Å². The number of fused-ring (bicyclic) bond motifs is 3. The van der Waals surface area contributed by atoms with E-state index in [4.69, 9.17) is 0 Å². The molecular weight excluding hydrogens is 204 g/mol. The van der Waals surface area contributed by atoms with Crippen LogP contribution in [0, 0.1) is 0 Å². The van der Waals surface area contributed by atoms with Gasteiger partial charge in [-0.2, -0.15) is 0 Å². The molecule has 0 heterocycles. The highest BCUT2D eigenvalue weighted by Gasteiger charge is 2.29. The van der Waals surface area contributed by atoms with E-state index in [-0.39, 0.29) is 0 Å². The minimum absolute atomic E-state index is 1.05. The van der Waals surface area contributed by atoms with Crippen molar-refractivity contribution in [2.75, 3.05) is 0 Å². The Kier molecular flexibility index (Phi) is 1.81. The maximum atomic E-state index is 2.39. The number of rotatable bonds is 0. The number of hydrogen-bond acceptors (Lipinski definition) is 0. The Labute approximate surface area is 102 Å². The lowest BCUT2D eigenvalue weighted by atomic mass is 9.90. The molecule has 0 fully saturated rings. The van der Waals surface area contributed by atoms with E-state index in [1.54, 1.807) is 5.57 Å². The molecule has 0 amide bonds. The van der Waals surface area contributed by atoms with E-state index in [0.717, 1.165) is 6.42 Å². The molecule has 0 bridgehead atoms. The van der Waals surface area contributed by atoms with Crippen molar-refractivity contribution in [2.45, 2.75) is 19.3 Å². The molecule has 4 rings (SSSR count). The Hall–Kier alpha value is -1.82. The van der Waals surface area contributed by atoms with Crippen LogP contribution >= 0.6 is 0 Å². The minimum atomic E-state index is 1.05. The van der Waals surface area contributed by atoms with Gasteiger partial charge in [-0.3, -0.25) is 0 Å². The van der Waals surface area contributed by atoms with E-state index in [2.05, 4.69) is 48.6 Å². The summed E-state index contributed by atoms with van der Waals surface area (Å²) in [6, 6.07) is 8.86. The van der Waals surface area contributed by atoms with Gasteiger partial charge in [-0.15, -0.1) is 0 Å². The maximum Gasteiger partial charge on any atom is -0.00732 e. The molecule has 0 unspecified atom stereocenters. The molecular formula is C17H14. The second-order valence-corrected chi connectivity index (χ2v) is 4.85. The summed E-state index contributed by atoms with van der Waals surface area (Å²) < 4.78 is 0. The molecule has 0 spiro atoms. The molecule has 3 aliphatic rings. The molecule has 0 aliphatic heterocycles. The van der Waals surface area contributed by atoms with Crippen LogP contribution in [0.5, 0.6) is 0 Å². The maximum absolute atomic E-state index is 2.39. The molecule has 0 heteroatoms. The lowest BCUT2D eigenvalue weighted by molar-refractivity contribution is 1.04. The molecule has 0 aromatic heterocycles. The van der Waals surface area contributed by atoms with Gasteiger partial charge >= 0.3 is 0 Å². The Morgan fingerprint density at radius 3 is 2.76 bits per heavy atom. The van der Waals surface area contributed by atoms with Crippen LogP contribution < -0.4 is 0 Å². The van der Waals surface area contributed by atoms with Gasteiger partial charge in [0.05, 0.1) is 0 Å². The summed E-state index contributed by atoms with van der Waals surface area (Å²) in [7, 11) is 0. The van der Waals surface area contributed by atoms with Crippen LogP contribution in [-0.4, -0.2) is 0 Å². The van der Waals surface area contributed by atoms with Crippen LogP contribution in [0.3, 0.4) is 0 Å². The smallest absolute Gasteiger partial charge is 0.00732 e. The van der Waals surface area contributed by atoms with E-state index >= 15 is 0 Å². The van der Waals surface area contributed by atoms with Crippen LogP contribution in [0.15, 0.2) is 59.7 Å². The fourth-order valence-electron chi connectivity index (χ4n) is 3.22. The summed E-state index contributed by atoms with van der Waals surface area (Å²) >= 11 is 0. The first-order valence-corrected chi connectivity index (χ1v) is 6.36. The third kappa shape index (κ3) is 1.18. The highest BCUT2D eigenvalue weighted by molar-refractivity contribution is 6.04. The Bertz CT molecular complexity index is 621. The Balaban J connectivity index is 2.07. The third-order valence-corrected chi connectivity index (χ3v) is 3.92. The van der Waals surface area contributed by atoms with Crippen molar-refractivity contribution in [1.29, 1.82) is 0 Å². The molecule has 0 saturated heterocycles. The summed E-state index contributed by atoms with van der Waals surface area (Å²) in [5.74, 6) is 0. The van der Waals surface area contributed by atoms with Gasteiger partial charge in [-0.1, -0.05) is 48.6 Å². The zero-order valence-corrected chi connectivity index (χ0v) is 9.74. The normalized spacial score (nSPS) is 20.5. The Morgan fingerprint density at radius 2 is 1.82 bits per heavy atom. The van der Waals surface area contributed by atoms with Crippen LogP contribution in [0.4, 0.5) is 0 Å². The lowest BCUT2D eigenvalue weighted by Gasteiger charge is -2.14. The molecule has 0 atom stereocenters. The van der Waals surface area contributed by atoms with Gasteiger partial charge in [0.2, 0.25) is 0 Å². The SMILES string of the molecule is C1=CC2=CCCC3=C2C(=CC1)c1ccccc13. The summed E-state index contributed by atoms with van der Waals surface area (Å²) in [5.41, 5.74) is 8.88. The van der Waals surface area contributed by atoms with E-state index in [0.29, 0.717) is 0 Å². The van der Waals surface area contributed by atoms with Crippen molar-refractivity contribution < 1.29 is 0 Å². The first kappa shape index (κ1) is 9.23. The number of hydrogen-bond donors (Lipinski definition) is 0. The molecule has 1 aromatic rings. The first-order valence-electron chi connectivity index (χ1n) is 6.36. The fraction of sp³-hybridized carbons (Fsp3) is 0.176. The van der Waals surface area contributed by atoms with E-state index in [1.165, 1.54) is 40.7 Å². The predicted octanol–water partition coefficient (Wildman–Crippen LogP) is 4.52. The summed E-state index contributed by atoms with van der Waals surface area (Å²) in [4.78, 5) is 0. The second kappa shape index (κ2) is 3.33. The average molecular weight is 218 g/mol. The van der Waals surface area contributed by atoms with E-state index in [1.807, 2.05) is 0 Å². The topological polar surface area (TPSA) is 0 Å². The zero-order chi connectivity index (χ0) is 11.2. The van der Waals surface area contributed by atoms with Gasteiger partial charge in [0.15, 0.2) is 0 Å². The molecule has 0 saturated carbocycles. The standard InChI is InChI=1S/C17H14/c1-2-10-15-13-8-3-4-9-14(13)16-11-5-7-12(6-1)17(15)16/h1,3-4,6-10H,2,5,11H2. The van der Waals surface area contributed by atoms with Crippen molar-refractivity contribution in [3.63, 3.8) is 0 Å². The minimum Gasteiger partial charge on any atom is -0.0801 e. The fourth-order valence-corrected chi connectivity index (χ4v) is 3.22. The lowest BCUT2D eigenvalue weighted by Crippen LogP contribution is -1.94. The highest BCUT2D eigenvalue weighted by Crippen LogP contribution is 2.49.